The predicted octanol–water partition coefficient (Wildman–Crippen LogP) is 3.07. The minimum absolute atomic E-state index is 0.136. The number of unbranched alkanes of at least 4 members (excludes halogenated alkanes) is 1. The summed E-state index contributed by atoms with van der Waals surface area (Å²) in [6.07, 6.45) is 3.59. The molecule has 2 aromatic rings. The molecule has 0 bridgehead atoms. The average molecular weight is 362 g/mol. The molecule has 0 aliphatic carbocycles. The van der Waals surface area contributed by atoms with Gasteiger partial charge < -0.3 is 9.47 Å². The van der Waals surface area contributed by atoms with Gasteiger partial charge in [-0.15, -0.1) is 0 Å². The van der Waals surface area contributed by atoms with Crippen LogP contribution in [0.2, 0.25) is 0 Å². The molecule has 2 rings (SSSR count). The Hall–Kier alpha value is -2.48. The minimum Gasteiger partial charge on any atom is -0.490 e. The second-order valence-electron chi connectivity index (χ2n) is 5.32. The van der Waals surface area contributed by atoms with Crippen molar-refractivity contribution in [2.75, 3.05) is 13.2 Å². The number of benzene rings is 1. The first-order valence-electron chi connectivity index (χ1n) is 8.19. The number of nitrogens with zero attached hydrogens (tertiary/aromatic N) is 3. The molecular formula is C17H22N4O3S. The van der Waals surface area contributed by atoms with E-state index in [1.807, 2.05) is 25.1 Å². The van der Waals surface area contributed by atoms with E-state index in [-0.39, 0.29) is 10.3 Å². The zero-order chi connectivity index (χ0) is 18.2. The van der Waals surface area contributed by atoms with E-state index in [1.165, 1.54) is 0 Å². The van der Waals surface area contributed by atoms with Crippen LogP contribution < -0.4 is 15.0 Å². The van der Waals surface area contributed by atoms with Gasteiger partial charge in [0.25, 0.3) is 5.56 Å². The van der Waals surface area contributed by atoms with Gasteiger partial charge >= 0.3 is 0 Å². The lowest BCUT2D eigenvalue weighted by Gasteiger charge is -2.12. The van der Waals surface area contributed by atoms with Gasteiger partial charge in [-0.25, -0.2) is 0 Å². The normalized spacial score (nSPS) is 11.0. The Kier molecular flexibility index (Phi) is 6.88. The molecule has 25 heavy (non-hydrogen) atoms. The molecule has 0 unspecified atom stereocenters. The average Bonchev–Trinajstić information content (AvgIpc) is 2.60. The van der Waals surface area contributed by atoms with E-state index in [0.29, 0.717) is 30.4 Å². The van der Waals surface area contributed by atoms with Crippen LogP contribution in [-0.4, -0.2) is 34.3 Å². The molecule has 1 aromatic heterocycles. The number of hydrogen-bond acceptors (Lipinski definition) is 6. The highest BCUT2D eigenvalue weighted by atomic mass is 32.1. The first-order valence-corrected chi connectivity index (χ1v) is 8.60. The van der Waals surface area contributed by atoms with Gasteiger partial charge in [0.1, 0.15) is 5.69 Å². The van der Waals surface area contributed by atoms with E-state index in [9.17, 15) is 4.79 Å². The summed E-state index contributed by atoms with van der Waals surface area (Å²) in [5.41, 5.74) is 0.701. The standard InChI is InChI=1S/C17H22N4O3S/c1-4-6-9-24-14-8-7-13(10-15(14)23-5-2)11-18-21-16(22)12(3)19-20-17(21)25/h7-8,10-11H,4-6,9H2,1-3H3,(H,20,25)/b18-11-. The number of aromatic nitrogens is 3. The van der Waals surface area contributed by atoms with Gasteiger partial charge in [0.15, 0.2) is 11.5 Å². The number of aryl methyl sites for hydroxylation is 1. The fourth-order valence-electron chi connectivity index (χ4n) is 2.02. The Morgan fingerprint density at radius 2 is 2.12 bits per heavy atom. The van der Waals surface area contributed by atoms with Crippen LogP contribution in [0.5, 0.6) is 11.5 Å². The van der Waals surface area contributed by atoms with Crippen molar-refractivity contribution in [1.29, 1.82) is 0 Å². The fourth-order valence-corrected chi connectivity index (χ4v) is 2.20. The van der Waals surface area contributed by atoms with Crippen LogP contribution in [0.25, 0.3) is 0 Å². The molecule has 0 aliphatic heterocycles. The SMILES string of the molecule is CCCCOc1ccc(/C=N\n2c(=S)[nH]nc(C)c2=O)cc1OCC. The van der Waals surface area contributed by atoms with E-state index >= 15 is 0 Å². The first-order chi connectivity index (χ1) is 12.1. The summed E-state index contributed by atoms with van der Waals surface area (Å²) in [6, 6.07) is 5.50. The van der Waals surface area contributed by atoms with Crippen LogP contribution in [-0.2, 0) is 0 Å². The maximum absolute atomic E-state index is 12.0. The van der Waals surface area contributed by atoms with Crippen LogP contribution in [0.4, 0.5) is 0 Å². The Morgan fingerprint density at radius 3 is 2.84 bits per heavy atom. The number of nitrogens with one attached hydrogen (secondary N) is 1. The lowest BCUT2D eigenvalue weighted by Crippen LogP contribution is -2.22. The van der Waals surface area contributed by atoms with E-state index < -0.39 is 0 Å². The van der Waals surface area contributed by atoms with Crippen LogP contribution in [0.3, 0.4) is 0 Å². The van der Waals surface area contributed by atoms with E-state index in [4.69, 9.17) is 21.7 Å². The Labute approximate surface area is 151 Å². The molecule has 0 atom stereocenters. The van der Waals surface area contributed by atoms with Crippen molar-refractivity contribution in [3.05, 3.63) is 44.6 Å². The fraction of sp³-hybridized carbons (Fsp3) is 0.412. The molecule has 1 heterocycles. The van der Waals surface area contributed by atoms with Gasteiger partial charge in [0.2, 0.25) is 4.77 Å². The molecule has 1 N–H and O–H groups in total. The lowest BCUT2D eigenvalue weighted by atomic mass is 10.2. The highest BCUT2D eigenvalue weighted by Gasteiger charge is 2.06. The Bertz CT molecular complexity index is 858. The summed E-state index contributed by atoms with van der Waals surface area (Å²) < 4.78 is 12.6. The number of ether oxygens (including phenoxy) is 2. The van der Waals surface area contributed by atoms with E-state index in [1.54, 1.807) is 13.1 Å². The summed E-state index contributed by atoms with van der Waals surface area (Å²) in [6.45, 7) is 6.79. The first kappa shape index (κ1) is 18.9. The summed E-state index contributed by atoms with van der Waals surface area (Å²) in [5.74, 6) is 1.34. The molecule has 1 aromatic carbocycles. The number of H-pyrrole nitrogens is 1. The van der Waals surface area contributed by atoms with Crippen LogP contribution in [0.1, 0.15) is 37.9 Å². The third-order valence-corrected chi connectivity index (χ3v) is 3.62. The number of aromatic amines is 1. The third kappa shape index (κ3) is 4.99. The molecular weight excluding hydrogens is 340 g/mol. The second-order valence-corrected chi connectivity index (χ2v) is 5.70. The highest BCUT2D eigenvalue weighted by Crippen LogP contribution is 2.28. The summed E-state index contributed by atoms with van der Waals surface area (Å²) in [5, 5.41) is 10.5. The molecule has 0 saturated heterocycles. The zero-order valence-corrected chi connectivity index (χ0v) is 15.4. The van der Waals surface area contributed by atoms with Gasteiger partial charge in [-0.3, -0.25) is 9.89 Å². The molecule has 0 fully saturated rings. The predicted molar refractivity (Wildman–Crippen MR) is 99.4 cm³/mol. The second kappa shape index (κ2) is 9.12. The minimum atomic E-state index is -0.357. The summed E-state index contributed by atoms with van der Waals surface area (Å²) >= 11 is 5.05. The van der Waals surface area contributed by atoms with Crippen molar-refractivity contribution in [3.8, 4) is 11.5 Å². The number of hydrogen-bond donors (Lipinski definition) is 1. The topological polar surface area (TPSA) is 81.5 Å². The van der Waals surface area contributed by atoms with Gasteiger partial charge in [-0.2, -0.15) is 14.9 Å². The zero-order valence-electron chi connectivity index (χ0n) is 14.6. The quantitative estimate of drug-likeness (QED) is 0.443. The van der Waals surface area contributed by atoms with Crippen molar-refractivity contribution in [2.24, 2.45) is 5.10 Å². The molecule has 134 valence electrons. The smallest absolute Gasteiger partial charge is 0.296 e. The van der Waals surface area contributed by atoms with Crippen molar-refractivity contribution in [3.63, 3.8) is 0 Å². The molecule has 7 nitrogen and oxygen atoms in total. The van der Waals surface area contributed by atoms with Gasteiger partial charge in [0.05, 0.1) is 19.4 Å². The van der Waals surface area contributed by atoms with Crippen molar-refractivity contribution in [2.45, 2.75) is 33.6 Å². The van der Waals surface area contributed by atoms with Gasteiger partial charge in [0, 0.05) is 0 Å². The summed E-state index contributed by atoms with van der Waals surface area (Å²) in [4.78, 5) is 12.0. The van der Waals surface area contributed by atoms with Crippen LogP contribution >= 0.6 is 12.2 Å². The Balaban J connectivity index is 2.28. The van der Waals surface area contributed by atoms with Crippen LogP contribution in [0, 0.1) is 11.7 Å². The molecule has 0 saturated carbocycles. The maximum atomic E-state index is 12.0. The molecule has 8 heteroatoms. The van der Waals surface area contributed by atoms with E-state index in [0.717, 1.165) is 23.1 Å². The number of rotatable bonds is 8. The maximum Gasteiger partial charge on any atom is 0.296 e. The summed E-state index contributed by atoms with van der Waals surface area (Å²) in [7, 11) is 0. The van der Waals surface area contributed by atoms with Crippen LogP contribution in [0.15, 0.2) is 28.1 Å². The van der Waals surface area contributed by atoms with Gasteiger partial charge in [-0.1, -0.05) is 13.3 Å². The highest BCUT2D eigenvalue weighted by molar-refractivity contribution is 7.71. The monoisotopic (exact) mass is 362 g/mol. The van der Waals surface area contributed by atoms with Crippen molar-refractivity contribution >= 4 is 18.4 Å². The molecule has 0 radical (unpaired) electrons. The van der Waals surface area contributed by atoms with Gasteiger partial charge in [-0.05, 0) is 56.2 Å². The van der Waals surface area contributed by atoms with E-state index in [2.05, 4.69) is 22.2 Å². The Morgan fingerprint density at radius 1 is 1.32 bits per heavy atom. The third-order valence-electron chi connectivity index (χ3n) is 3.36. The molecule has 0 aliphatic rings. The largest absolute Gasteiger partial charge is 0.490 e. The molecule has 0 amide bonds. The lowest BCUT2D eigenvalue weighted by molar-refractivity contribution is 0.272. The molecule has 0 spiro atoms. The van der Waals surface area contributed by atoms with Crippen molar-refractivity contribution in [1.82, 2.24) is 14.9 Å². The van der Waals surface area contributed by atoms with Crippen molar-refractivity contribution < 1.29 is 9.47 Å².